The number of benzene rings is 1. The van der Waals surface area contributed by atoms with Gasteiger partial charge < -0.3 is 15.7 Å². The van der Waals surface area contributed by atoms with Crippen LogP contribution in [-0.2, 0) is 6.18 Å². The van der Waals surface area contributed by atoms with Crippen LogP contribution in [-0.4, -0.2) is 44.3 Å². The highest BCUT2D eigenvalue weighted by Crippen LogP contribution is 2.30. The number of carbonyl (C=O) groups is 1. The van der Waals surface area contributed by atoms with Gasteiger partial charge in [0.1, 0.15) is 5.82 Å². The number of aliphatic hydroxyl groups excluding tert-OH is 1. The molecule has 12 heteroatoms. The van der Waals surface area contributed by atoms with Gasteiger partial charge >= 0.3 is 6.18 Å². The van der Waals surface area contributed by atoms with Crippen molar-refractivity contribution in [1.82, 2.24) is 20.2 Å². The van der Waals surface area contributed by atoms with Gasteiger partial charge in [-0.15, -0.1) is 5.10 Å². The highest BCUT2D eigenvalue weighted by Gasteiger charge is 2.32. The average Bonchev–Trinajstić information content (AvgIpc) is 2.72. The number of rotatable bonds is 6. The predicted molar refractivity (Wildman–Crippen MR) is 108 cm³/mol. The smallest absolute Gasteiger partial charge is 0.395 e. The van der Waals surface area contributed by atoms with E-state index < -0.39 is 23.3 Å². The fourth-order valence-corrected chi connectivity index (χ4v) is 2.82. The fourth-order valence-electron chi connectivity index (χ4n) is 2.63. The summed E-state index contributed by atoms with van der Waals surface area (Å²) in [5.74, 6) is -0.448. The van der Waals surface area contributed by atoms with Crippen LogP contribution in [0.15, 0.2) is 36.5 Å². The first kappa shape index (κ1) is 22.4. The standard InChI is InChI=1S/C19H16ClF3N6O2/c1-10-2-3-12(26-17(31)15-6-11(9-25-29-15)19(21,22)23)7-13(10)14-8-16(24-4-5-30)28-18(20)27-14/h2-3,6-9,30H,4-5H2,1H3,(H,26,31)(H,24,27,28). The van der Waals surface area contributed by atoms with E-state index in [4.69, 9.17) is 16.7 Å². The number of hydrogen-bond acceptors (Lipinski definition) is 7. The zero-order chi connectivity index (χ0) is 22.6. The van der Waals surface area contributed by atoms with E-state index in [2.05, 4.69) is 30.8 Å². The summed E-state index contributed by atoms with van der Waals surface area (Å²) in [5, 5.41) is 21.0. The SMILES string of the molecule is Cc1ccc(NC(=O)c2cc(C(F)(F)F)cnn2)cc1-c1cc(NCCO)nc(Cl)n1. The second kappa shape index (κ2) is 9.23. The number of hydrogen-bond donors (Lipinski definition) is 3. The summed E-state index contributed by atoms with van der Waals surface area (Å²) in [4.78, 5) is 20.6. The van der Waals surface area contributed by atoms with Gasteiger partial charge in [0, 0.05) is 23.9 Å². The molecule has 0 aliphatic heterocycles. The zero-order valence-corrected chi connectivity index (χ0v) is 16.8. The molecule has 0 aliphatic carbocycles. The van der Waals surface area contributed by atoms with Crippen molar-refractivity contribution >= 4 is 29.0 Å². The molecule has 1 amide bonds. The van der Waals surface area contributed by atoms with Crippen molar-refractivity contribution in [3.63, 3.8) is 0 Å². The van der Waals surface area contributed by atoms with E-state index >= 15 is 0 Å². The molecule has 3 aromatic rings. The number of nitrogens with zero attached hydrogens (tertiary/aromatic N) is 4. The van der Waals surface area contributed by atoms with Crippen molar-refractivity contribution in [3.8, 4) is 11.3 Å². The Labute approximate surface area is 179 Å². The van der Waals surface area contributed by atoms with Crippen LogP contribution in [0.3, 0.4) is 0 Å². The Balaban J connectivity index is 1.88. The Kier molecular flexibility index (Phi) is 6.66. The number of nitrogens with one attached hydrogen (secondary N) is 2. The number of aromatic nitrogens is 4. The number of halogens is 4. The highest BCUT2D eigenvalue weighted by atomic mass is 35.5. The number of anilines is 2. The Morgan fingerprint density at radius 3 is 2.68 bits per heavy atom. The predicted octanol–water partition coefficient (Wildman–Crippen LogP) is 3.57. The van der Waals surface area contributed by atoms with Crippen LogP contribution < -0.4 is 10.6 Å². The summed E-state index contributed by atoms with van der Waals surface area (Å²) in [6.07, 6.45) is -4.10. The molecule has 162 valence electrons. The zero-order valence-electron chi connectivity index (χ0n) is 16.0. The largest absolute Gasteiger partial charge is 0.418 e. The van der Waals surface area contributed by atoms with Crippen LogP contribution in [0.2, 0.25) is 5.28 Å². The number of carbonyl (C=O) groups excluding carboxylic acids is 1. The summed E-state index contributed by atoms with van der Waals surface area (Å²) in [6.45, 7) is 1.98. The quantitative estimate of drug-likeness (QED) is 0.490. The van der Waals surface area contributed by atoms with Crippen molar-refractivity contribution in [2.24, 2.45) is 0 Å². The first-order chi connectivity index (χ1) is 14.7. The van der Waals surface area contributed by atoms with Gasteiger partial charge in [-0.1, -0.05) is 6.07 Å². The number of alkyl halides is 3. The lowest BCUT2D eigenvalue weighted by molar-refractivity contribution is -0.137. The maximum absolute atomic E-state index is 12.8. The van der Waals surface area contributed by atoms with Crippen LogP contribution in [0.5, 0.6) is 0 Å². The molecule has 0 fully saturated rings. The van der Waals surface area contributed by atoms with Crippen LogP contribution >= 0.6 is 11.6 Å². The minimum Gasteiger partial charge on any atom is -0.395 e. The fraction of sp³-hybridized carbons (Fsp3) is 0.211. The molecule has 1 aromatic carbocycles. The minimum absolute atomic E-state index is 0.0222. The van der Waals surface area contributed by atoms with Gasteiger partial charge in [-0.25, -0.2) is 9.97 Å². The van der Waals surface area contributed by atoms with Crippen LogP contribution in [0, 0.1) is 6.92 Å². The molecule has 0 spiro atoms. The van der Waals surface area contributed by atoms with E-state index in [1.165, 1.54) is 0 Å². The Hall–Kier alpha value is -3.31. The molecule has 3 N–H and O–H groups in total. The van der Waals surface area contributed by atoms with E-state index in [1.807, 2.05) is 6.92 Å². The van der Waals surface area contributed by atoms with Gasteiger partial charge in [0.05, 0.1) is 24.1 Å². The monoisotopic (exact) mass is 452 g/mol. The lowest BCUT2D eigenvalue weighted by atomic mass is 10.0. The van der Waals surface area contributed by atoms with Gasteiger partial charge in [-0.2, -0.15) is 18.3 Å². The second-order valence-corrected chi connectivity index (χ2v) is 6.71. The number of aryl methyl sites for hydroxylation is 1. The van der Waals surface area contributed by atoms with E-state index in [1.54, 1.807) is 24.3 Å². The number of aliphatic hydroxyl groups is 1. The lowest BCUT2D eigenvalue weighted by Crippen LogP contribution is -2.16. The molecule has 2 aromatic heterocycles. The molecule has 0 atom stereocenters. The van der Waals surface area contributed by atoms with E-state index in [9.17, 15) is 18.0 Å². The molecule has 0 unspecified atom stereocenters. The molecular weight excluding hydrogens is 437 g/mol. The van der Waals surface area contributed by atoms with Crippen molar-refractivity contribution in [1.29, 1.82) is 0 Å². The summed E-state index contributed by atoms with van der Waals surface area (Å²) in [6, 6.07) is 7.14. The summed E-state index contributed by atoms with van der Waals surface area (Å²) < 4.78 is 38.5. The molecule has 0 aliphatic rings. The Bertz CT molecular complexity index is 1110. The van der Waals surface area contributed by atoms with Crippen LogP contribution in [0.1, 0.15) is 21.6 Å². The molecule has 0 bridgehead atoms. The summed E-state index contributed by atoms with van der Waals surface area (Å²) >= 11 is 5.99. The third-order valence-corrected chi connectivity index (χ3v) is 4.27. The van der Waals surface area contributed by atoms with Gasteiger partial charge in [0.25, 0.3) is 5.91 Å². The maximum atomic E-state index is 12.8. The van der Waals surface area contributed by atoms with Crippen molar-refractivity contribution in [3.05, 3.63) is 58.6 Å². The van der Waals surface area contributed by atoms with Crippen molar-refractivity contribution < 1.29 is 23.1 Å². The Morgan fingerprint density at radius 1 is 1.19 bits per heavy atom. The molecule has 31 heavy (non-hydrogen) atoms. The first-order valence-electron chi connectivity index (χ1n) is 8.89. The Morgan fingerprint density at radius 2 is 1.97 bits per heavy atom. The average molecular weight is 453 g/mol. The topological polar surface area (TPSA) is 113 Å². The highest BCUT2D eigenvalue weighted by molar-refractivity contribution is 6.28. The molecule has 0 saturated carbocycles. The maximum Gasteiger partial charge on any atom is 0.418 e. The second-order valence-electron chi connectivity index (χ2n) is 6.37. The molecule has 2 heterocycles. The summed E-state index contributed by atoms with van der Waals surface area (Å²) in [7, 11) is 0. The van der Waals surface area contributed by atoms with Gasteiger partial charge in [0.15, 0.2) is 5.69 Å². The first-order valence-corrected chi connectivity index (χ1v) is 9.27. The summed E-state index contributed by atoms with van der Waals surface area (Å²) in [5.41, 5.74) is 0.634. The van der Waals surface area contributed by atoms with E-state index in [0.717, 1.165) is 5.56 Å². The molecule has 0 radical (unpaired) electrons. The van der Waals surface area contributed by atoms with Crippen molar-refractivity contribution in [2.45, 2.75) is 13.1 Å². The molecular formula is C19H16ClF3N6O2. The van der Waals surface area contributed by atoms with E-state index in [-0.39, 0.29) is 18.4 Å². The number of amides is 1. The third kappa shape index (κ3) is 5.64. The van der Waals surface area contributed by atoms with Gasteiger partial charge in [0.2, 0.25) is 5.28 Å². The molecule has 8 nitrogen and oxygen atoms in total. The van der Waals surface area contributed by atoms with Crippen LogP contribution in [0.4, 0.5) is 24.7 Å². The van der Waals surface area contributed by atoms with Crippen molar-refractivity contribution in [2.75, 3.05) is 23.8 Å². The van der Waals surface area contributed by atoms with Gasteiger partial charge in [-0.3, -0.25) is 4.79 Å². The normalized spacial score (nSPS) is 11.3. The van der Waals surface area contributed by atoms with Crippen LogP contribution in [0.25, 0.3) is 11.3 Å². The molecule has 3 rings (SSSR count). The van der Waals surface area contributed by atoms with E-state index in [0.29, 0.717) is 35.0 Å². The minimum atomic E-state index is -4.64. The lowest BCUT2D eigenvalue weighted by Gasteiger charge is -2.12. The third-order valence-electron chi connectivity index (χ3n) is 4.10. The molecule has 0 saturated heterocycles. The van der Waals surface area contributed by atoms with Gasteiger partial charge in [-0.05, 0) is 42.3 Å².